The molecule has 1 aliphatic heterocycles. The summed E-state index contributed by atoms with van der Waals surface area (Å²) in [4.78, 5) is 0. The van der Waals surface area contributed by atoms with Gasteiger partial charge >= 0.3 is 0 Å². The van der Waals surface area contributed by atoms with Crippen LogP contribution in [0.5, 0.6) is 0 Å². The third kappa shape index (κ3) is 1.23. The van der Waals surface area contributed by atoms with E-state index in [1.807, 2.05) is 0 Å². The summed E-state index contributed by atoms with van der Waals surface area (Å²) in [5.74, 6) is -3.28. The van der Waals surface area contributed by atoms with Crippen molar-refractivity contribution >= 4 is 22.5 Å². The van der Waals surface area contributed by atoms with Gasteiger partial charge in [-0.1, -0.05) is 23.7 Å². The number of piperidine rings is 1. The second-order valence-electron chi connectivity index (χ2n) is 5.35. The number of H-pyrrole nitrogens is 1. The molecule has 0 radical (unpaired) electrons. The summed E-state index contributed by atoms with van der Waals surface area (Å²) in [6.45, 7) is 0.919. The first-order chi connectivity index (χ1) is 9.09. The number of rotatable bonds is 1. The van der Waals surface area contributed by atoms with Gasteiger partial charge in [0.05, 0.1) is 21.6 Å². The number of aromatic amines is 1. The number of hydrogen-bond donors (Lipinski definition) is 2. The SMILES string of the molecule is FC1(F)C2CCNCC21c1n[nH]c2c(Cl)cccc12. The molecule has 2 aliphatic rings. The highest BCUT2D eigenvalue weighted by molar-refractivity contribution is 6.35. The standard InChI is InChI=1S/C13H12ClF2N3/c14-8-3-1-2-7-10(8)18-19-11(7)12-6-17-5-4-9(12)13(12,15)16/h1-3,9,17H,4-6H2,(H,18,19). The number of hydrogen-bond acceptors (Lipinski definition) is 2. The van der Waals surface area contributed by atoms with Crippen LogP contribution in [0.2, 0.25) is 5.02 Å². The number of aromatic nitrogens is 2. The van der Waals surface area contributed by atoms with Crippen LogP contribution in [0, 0.1) is 5.92 Å². The van der Waals surface area contributed by atoms with Crippen LogP contribution >= 0.6 is 11.6 Å². The van der Waals surface area contributed by atoms with Gasteiger partial charge in [0.15, 0.2) is 0 Å². The maximum atomic E-state index is 14.2. The maximum absolute atomic E-state index is 14.2. The quantitative estimate of drug-likeness (QED) is 0.845. The van der Waals surface area contributed by atoms with Gasteiger partial charge in [-0.15, -0.1) is 0 Å². The van der Waals surface area contributed by atoms with Gasteiger partial charge in [-0.25, -0.2) is 8.78 Å². The van der Waals surface area contributed by atoms with Crippen LogP contribution in [0.4, 0.5) is 8.78 Å². The predicted octanol–water partition coefficient (Wildman–Crippen LogP) is 2.71. The lowest BCUT2D eigenvalue weighted by atomic mass is 9.92. The first kappa shape index (κ1) is 11.6. The van der Waals surface area contributed by atoms with E-state index >= 15 is 0 Å². The lowest BCUT2D eigenvalue weighted by molar-refractivity contribution is 0.0782. The molecule has 2 aromatic rings. The predicted molar refractivity (Wildman–Crippen MR) is 68.7 cm³/mol. The van der Waals surface area contributed by atoms with Crippen LogP contribution in [-0.4, -0.2) is 29.2 Å². The molecule has 100 valence electrons. The molecule has 3 nitrogen and oxygen atoms in total. The van der Waals surface area contributed by atoms with Crippen LogP contribution in [0.1, 0.15) is 12.1 Å². The molecule has 1 aromatic heterocycles. The molecule has 2 N–H and O–H groups in total. The van der Waals surface area contributed by atoms with Gasteiger partial charge in [0, 0.05) is 17.8 Å². The molecule has 1 saturated heterocycles. The zero-order chi connectivity index (χ0) is 13.3. The summed E-state index contributed by atoms with van der Waals surface area (Å²) in [6.07, 6.45) is 0.488. The fraction of sp³-hybridized carbons (Fsp3) is 0.462. The Balaban J connectivity index is 1.94. The van der Waals surface area contributed by atoms with E-state index in [1.54, 1.807) is 18.2 Å². The summed E-state index contributed by atoms with van der Waals surface area (Å²) in [5.41, 5.74) is -0.0680. The lowest BCUT2D eigenvalue weighted by Crippen LogP contribution is -2.36. The number of fused-ring (bicyclic) bond motifs is 2. The van der Waals surface area contributed by atoms with E-state index in [0.29, 0.717) is 34.6 Å². The Morgan fingerprint density at radius 3 is 3.00 bits per heavy atom. The molecule has 1 aromatic carbocycles. The number of alkyl halides is 2. The van der Waals surface area contributed by atoms with Crippen molar-refractivity contribution in [2.45, 2.75) is 17.8 Å². The van der Waals surface area contributed by atoms with E-state index in [9.17, 15) is 8.78 Å². The van der Waals surface area contributed by atoms with Gasteiger partial charge in [-0.05, 0) is 19.0 Å². The number of nitrogens with zero attached hydrogens (tertiary/aromatic N) is 1. The Morgan fingerprint density at radius 2 is 2.21 bits per heavy atom. The minimum atomic E-state index is -2.68. The van der Waals surface area contributed by atoms with Gasteiger partial charge in [0.25, 0.3) is 5.92 Å². The van der Waals surface area contributed by atoms with Crippen molar-refractivity contribution in [3.63, 3.8) is 0 Å². The number of para-hydroxylation sites is 1. The Hall–Kier alpha value is -1.20. The maximum Gasteiger partial charge on any atom is 0.264 e. The van der Waals surface area contributed by atoms with E-state index in [0.717, 1.165) is 0 Å². The molecule has 2 atom stereocenters. The van der Waals surface area contributed by atoms with Crippen molar-refractivity contribution in [2.75, 3.05) is 13.1 Å². The second-order valence-corrected chi connectivity index (χ2v) is 5.75. The van der Waals surface area contributed by atoms with Crippen molar-refractivity contribution in [3.8, 4) is 0 Å². The molecule has 2 heterocycles. The van der Waals surface area contributed by atoms with Gasteiger partial charge in [0.1, 0.15) is 0 Å². The normalized spacial score (nSPS) is 32.3. The fourth-order valence-corrected chi connectivity index (χ4v) is 3.70. The highest BCUT2D eigenvalue weighted by atomic mass is 35.5. The molecule has 0 amide bonds. The first-order valence-corrected chi connectivity index (χ1v) is 6.68. The molecule has 19 heavy (non-hydrogen) atoms. The minimum absolute atomic E-state index is 0.275. The molecule has 4 rings (SSSR count). The van der Waals surface area contributed by atoms with Gasteiger partial charge < -0.3 is 5.32 Å². The fourth-order valence-electron chi connectivity index (χ4n) is 3.49. The van der Waals surface area contributed by atoms with Gasteiger partial charge in [-0.3, -0.25) is 5.10 Å². The van der Waals surface area contributed by atoms with Crippen molar-refractivity contribution in [1.82, 2.24) is 15.5 Å². The number of halogens is 3. The molecule has 2 fully saturated rings. The molecular weight excluding hydrogens is 272 g/mol. The van der Waals surface area contributed by atoms with E-state index in [1.165, 1.54) is 0 Å². The monoisotopic (exact) mass is 283 g/mol. The van der Waals surface area contributed by atoms with Crippen molar-refractivity contribution in [1.29, 1.82) is 0 Å². The van der Waals surface area contributed by atoms with Gasteiger partial charge in [-0.2, -0.15) is 5.10 Å². The molecule has 1 aliphatic carbocycles. The smallest absolute Gasteiger partial charge is 0.264 e. The van der Waals surface area contributed by atoms with Crippen LogP contribution in [0.15, 0.2) is 18.2 Å². The Bertz CT molecular complexity index is 669. The zero-order valence-electron chi connectivity index (χ0n) is 10.0. The van der Waals surface area contributed by atoms with Crippen molar-refractivity contribution in [2.24, 2.45) is 5.92 Å². The third-order valence-electron chi connectivity index (χ3n) is 4.53. The van der Waals surface area contributed by atoms with E-state index < -0.39 is 17.3 Å². The largest absolute Gasteiger partial charge is 0.316 e. The van der Waals surface area contributed by atoms with Crippen LogP contribution < -0.4 is 5.32 Å². The van der Waals surface area contributed by atoms with Gasteiger partial charge in [0.2, 0.25) is 0 Å². The number of nitrogens with one attached hydrogen (secondary N) is 2. The summed E-state index contributed by atoms with van der Waals surface area (Å²) >= 11 is 6.07. The molecule has 2 unspecified atom stereocenters. The third-order valence-corrected chi connectivity index (χ3v) is 4.84. The van der Waals surface area contributed by atoms with E-state index in [4.69, 9.17) is 11.6 Å². The summed E-state index contributed by atoms with van der Waals surface area (Å²) in [5, 5.41) is 11.3. The van der Waals surface area contributed by atoms with Crippen LogP contribution in [0.25, 0.3) is 10.9 Å². The van der Waals surface area contributed by atoms with Crippen LogP contribution in [-0.2, 0) is 5.41 Å². The first-order valence-electron chi connectivity index (χ1n) is 6.30. The highest BCUT2D eigenvalue weighted by Gasteiger charge is 2.82. The summed E-state index contributed by atoms with van der Waals surface area (Å²) in [6, 6.07) is 5.30. The Kier molecular flexibility index (Phi) is 2.12. The van der Waals surface area contributed by atoms with Crippen molar-refractivity contribution in [3.05, 3.63) is 28.9 Å². The average Bonchev–Trinajstić information content (AvgIpc) is 2.75. The second kappa shape index (κ2) is 3.46. The van der Waals surface area contributed by atoms with Crippen LogP contribution in [0.3, 0.4) is 0 Å². The molecule has 0 bridgehead atoms. The Morgan fingerprint density at radius 1 is 1.37 bits per heavy atom. The topological polar surface area (TPSA) is 40.7 Å². The summed E-state index contributed by atoms with van der Waals surface area (Å²) in [7, 11) is 0. The highest BCUT2D eigenvalue weighted by Crippen LogP contribution is 2.69. The molecule has 1 saturated carbocycles. The minimum Gasteiger partial charge on any atom is -0.316 e. The molecule has 6 heteroatoms. The van der Waals surface area contributed by atoms with E-state index in [2.05, 4.69) is 15.5 Å². The average molecular weight is 284 g/mol. The lowest BCUT2D eigenvalue weighted by Gasteiger charge is -2.19. The Labute approximate surface area is 113 Å². The van der Waals surface area contributed by atoms with Crippen molar-refractivity contribution < 1.29 is 8.78 Å². The zero-order valence-corrected chi connectivity index (χ0v) is 10.8. The molecular formula is C13H12ClF2N3. The molecule has 0 spiro atoms. The summed E-state index contributed by atoms with van der Waals surface area (Å²) < 4.78 is 28.4. The van der Waals surface area contributed by atoms with E-state index in [-0.39, 0.29) is 6.54 Å². The number of benzene rings is 1.